The molecule has 2 N–H and O–H groups in total. The standard InChI is InChI=1S/C12H11BrN2O3/c1-7-2-3-9(18-7)6-15-11-10(12(16)17)4-8(13)5-14-11/h2-5H,6H2,1H3,(H,14,15)(H,16,17). The molecule has 0 saturated carbocycles. The van der Waals surface area contributed by atoms with E-state index in [1.807, 2.05) is 19.1 Å². The summed E-state index contributed by atoms with van der Waals surface area (Å²) in [6.07, 6.45) is 1.54. The van der Waals surface area contributed by atoms with Gasteiger partial charge in [0.25, 0.3) is 0 Å². The molecular formula is C12H11BrN2O3. The SMILES string of the molecule is Cc1ccc(CNc2ncc(Br)cc2C(=O)O)o1. The molecule has 2 aromatic rings. The van der Waals surface area contributed by atoms with Crippen molar-refractivity contribution in [2.75, 3.05) is 5.32 Å². The van der Waals surface area contributed by atoms with Crippen LogP contribution in [0.5, 0.6) is 0 Å². The van der Waals surface area contributed by atoms with Gasteiger partial charge in [-0.3, -0.25) is 0 Å². The predicted molar refractivity (Wildman–Crippen MR) is 69.7 cm³/mol. The number of aryl methyl sites for hydroxylation is 1. The van der Waals surface area contributed by atoms with Crippen molar-refractivity contribution in [1.82, 2.24) is 4.98 Å². The molecule has 6 heteroatoms. The van der Waals surface area contributed by atoms with E-state index >= 15 is 0 Å². The number of aromatic carboxylic acids is 1. The van der Waals surface area contributed by atoms with Gasteiger partial charge in [0.15, 0.2) is 0 Å². The molecule has 0 unspecified atom stereocenters. The lowest BCUT2D eigenvalue weighted by molar-refractivity contribution is 0.0697. The number of rotatable bonds is 4. The number of furan rings is 1. The Bertz CT molecular complexity index is 580. The van der Waals surface area contributed by atoms with Crippen molar-refractivity contribution >= 4 is 27.7 Å². The summed E-state index contributed by atoms with van der Waals surface area (Å²) in [5, 5.41) is 12.0. The van der Waals surface area contributed by atoms with E-state index < -0.39 is 5.97 Å². The number of nitrogens with zero attached hydrogens (tertiary/aromatic N) is 1. The number of hydrogen-bond donors (Lipinski definition) is 2. The fraction of sp³-hybridized carbons (Fsp3) is 0.167. The molecule has 0 fully saturated rings. The number of carboxylic acids is 1. The molecule has 5 nitrogen and oxygen atoms in total. The molecule has 0 aromatic carbocycles. The van der Waals surface area contributed by atoms with Gasteiger partial charge in [0.1, 0.15) is 22.9 Å². The van der Waals surface area contributed by atoms with Crippen molar-refractivity contribution in [2.24, 2.45) is 0 Å². The van der Waals surface area contributed by atoms with Crippen molar-refractivity contribution in [1.29, 1.82) is 0 Å². The van der Waals surface area contributed by atoms with Crippen molar-refractivity contribution < 1.29 is 14.3 Å². The van der Waals surface area contributed by atoms with Gasteiger partial charge >= 0.3 is 5.97 Å². The van der Waals surface area contributed by atoms with E-state index in [4.69, 9.17) is 9.52 Å². The Labute approximate surface area is 112 Å². The number of hydrogen-bond acceptors (Lipinski definition) is 4. The lowest BCUT2D eigenvalue weighted by Crippen LogP contribution is -2.08. The van der Waals surface area contributed by atoms with E-state index in [0.717, 1.165) is 11.5 Å². The third kappa shape index (κ3) is 2.89. The number of anilines is 1. The van der Waals surface area contributed by atoms with Crippen LogP contribution in [0.1, 0.15) is 21.9 Å². The molecule has 0 aliphatic carbocycles. The quantitative estimate of drug-likeness (QED) is 0.907. The second kappa shape index (κ2) is 5.22. The molecule has 0 bridgehead atoms. The number of nitrogens with one attached hydrogen (secondary N) is 1. The first kappa shape index (κ1) is 12.6. The second-order valence-electron chi connectivity index (χ2n) is 3.72. The Balaban J connectivity index is 2.16. The minimum Gasteiger partial charge on any atom is -0.478 e. The van der Waals surface area contributed by atoms with Crippen LogP contribution in [0.3, 0.4) is 0 Å². The van der Waals surface area contributed by atoms with Gasteiger partial charge in [-0.15, -0.1) is 0 Å². The van der Waals surface area contributed by atoms with Gasteiger partial charge in [-0.1, -0.05) is 0 Å². The first-order chi connectivity index (χ1) is 8.56. The third-order valence-corrected chi connectivity index (χ3v) is 2.74. The molecule has 2 aromatic heterocycles. The van der Waals surface area contributed by atoms with Gasteiger partial charge in [-0.2, -0.15) is 0 Å². The van der Waals surface area contributed by atoms with Gasteiger partial charge in [-0.05, 0) is 41.1 Å². The Morgan fingerprint density at radius 2 is 2.33 bits per heavy atom. The van der Waals surface area contributed by atoms with Crippen LogP contribution >= 0.6 is 15.9 Å². The molecule has 0 spiro atoms. The molecule has 0 amide bonds. The maximum atomic E-state index is 11.1. The van der Waals surface area contributed by atoms with E-state index in [0.29, 0.717) is 16.8 Å². The number of carbonyl (C=O) groups is 1. The van der Waals surface area contributed by atoms with E-state index in [9.17, 15) is 4.79 Å². The molecule has 0 atom stereocenters. The Morgan fingerprint density at radius 1 is 1.56 bits per heavy atom. The van der Waals surface area contributed by atoms with E-state index in [2.05, 4.69) is 26.2 Å². The average Bonchev–Trinajstić information content (AvgIpc) is 2.73. The van der Waals surface area contributed by atoms with Crippen molar-refractivity contribution in [2.45, 2.75) is 13.5 Å². The molecule has 0 radical (unpaired) electrons. The molecule has 94 valence electrons. The lowest BCUT2D eigenvalue weighted by Gasteiger charge is -2.07. The molecular weight excluding hydrogens is 300 g/mol. The van der Waals surface area contributed by atoms with Gasteiger partial charge in [0.05, 0.1) is 6.54 Å². The summed E-state index contributed by atoms with van der Waals surface area (Å²) in [6.45, 7) is 2.24. The minimum absolute atomic E-state index is 0.118. The van der Waals surface area contributed by atoms with Crippen molar-refractivity contribution in [3.8, 4) is 0 Å². The molecule has 0 aliphatic heterocycles. The predicted octanol–water partition coefficient (Wildman–Crippen LogP) is 3.06. The first-order valence-corrected chi connectivity index (χ1v) is 6.03. The first-order valence-electron chi connectivity index (χ1n) is 5.24. The van der Waals surface area contributed by atoms with Crippen LogP contribution in [0.25, 0.3) is 0 Å². The fourth-order valence-electron chi connectivity index (χ4n) is 1.49. The number of aromatic nitrogens is 1. The Hall–Kier alpha value is -1.82. The Kier molecular flexibility index (Phi) is 3.66. The smallest absolute Gasteiger partial charge is 0.339 e. The highest BCUT2D eigenvalue weighted by atomic mass is 79.9. The summed E-state index contributed by atoms with van der Waals surface area (Å²) in [6, 6.07) is 5.19. The van der Waals surface area contributed by atoms with Gasteiger partial charge in [0, 0.05) is 10.7 Å². The maximum absolute atomic E-state index is 11.1. The van der Waals surface area contributed by atoms with Crippen LogP contribution in [0.2, 0.25) is 0 Å². The highest BCUT2D eigenvalue weighted by Gasteiger charge is 2.12. The van der Waals surface area contributed by atoms with Crippen LogP contribution in [0.4, 0.5) is 5.82 Å². The summed E-state index contributed by atoms with van der Waals surface area (Å²) in [7, 11) is 0. The fourth-order valence-corrected chi connectivity index (χ4v) is 1.83. The lowest BCUT2D eigenvalue weighted by atomic mass is 10.2. The highest BCUT2D eigenvalue weighted by molar-refractivity contribution is 9.10. The molecule has 2 heterocycles. The average molecular weight is 311 g/mol. The topological polar surface area (TPSA) is 75.4 Å². The molecule has 0 saturated heterocycles. The highest BCUT2D eigenvalue weighted by Crippen LogP contribution is 2.19. The van der Waals surface area contributed by atoms with Crippen LogP contribution in [0, 0.1) is 6.92 Å². The summed E-state index contributed by atoms with van der Waals surface area (Å²) in [5.74, 6) is 0.837. The van der Waals surface area contributed by atoms with Crippen LogP contribution in [-0.2, 0) is 6.54 Å². The zero-order valence-electron chi connectivity index (χ0n) is 9.61. The van der Waals surface area contributed by atoms with E-state index in [1.165, 1.54) is 6.07 Å². The van der Waals surface area contributed by atoms with Gasteiger partial charge < -0.3 is 14.8 Å². The Morgan fingerprint density at radius 3 is 2.94 bits per heavy atom. The summed E-state index contributed by atoms with van der Waals surface area (Å²) < 4.78 is 6.01. The summed E-state index contributed by atoms with van der Waals surface area (Å²) in [5.41, 5.74) is 0.118. The number of halogens is 1. The zero-order chi connectivity index (χ0) is 13.1. The van der Waals surface area contributed by atoms with Crippen LogP contribution < -0.4 is 5.32 Å². The second-order valence-corrected chi connectivity index (χ2v) is 4.64. The van der Waals surface area contributed by atoms with Gasteiger partial charge in [-0.25, -0.2) is 9.78 Å². The van der Waals surface area contributed by atoms with Crippen LogP contribution in [0.15, 0.2) is 33.3 Å². The molecule has 18 heavy (non-hydrogen) atoms. The summed E-state index contributed by atoms with van der Waals surface area (Å²) in [4.78, 5) is 15.1. The molecule has 2 rings (SSSR count). The van der Waals surface area contributed by atoms with Crippen molar-refractivity contribution in [3.05, 3.63) is 46.0 Å². The van der Waals surface area contributed by atoms with Gasteiger partial charge in [0.2, 0.25) is 0 Å². The monoisotopic (exact) mass is 310 g/mol. The third-order valence-electron chi connectivity index (χ3n) is 2.31. The summed E-state index contributed by atoms with van der Waals surface area (Å²) >= 11 is 3.19. The maximum Gasteiger partial charge on any atom is 0.339 e. The largest absolute Gasteiger partial charge is 0.478 e. The number of pyridine rings is 1. The number of carboxylic acid groups (broad SMARTS) is 1. The molecule has 0 aliphatic rings. The van der Waals surface area contributed by atoms with E-state index in [1.54, 1.807) is 6.20 Å². The van der Waals surface area contributed by atoms with E-state index in [-0.39, 0.29) is 5.56 Å². The van der Waals surface area contributed by atoms with Crippen LogP contribution in [-0.4, -0.2) is 16.1 Å². The van der Waals surface area contributed by atoms with Crippen molar-refractivity contribution in [3.63, 3.8) is 0 Å². The zero-order valence-corrected chi connectivity index (χ0v) is 11.2. The minimum atomic E-state index is -1.03. The normalized spacial score (nSPS) is 10.3.